The van der Waals surface area contributed by atoms with Crippen molar-refractivity contribution in [2.75, 3.05) is 6.61 Å². The lowest BCUT2D eigenvalue weighted by atomic mass is 10.3. The van der Waals surface area contributed by atoms with Crippen molar-refractivity contribution < 1.29 is 14.6 Å². The van der Waals surface area contributed by atoms with Crippen molar-refractivity contribution in [1.29, 1.82) is 0 Å². The highest BCUT2D eigenvalue weighted by Gasteiger charge is 2.07. The van der Waals surface area contributed by atoms with Crippen molar-refractivity contribution in [2.24, 2.45) is 0 Å². The number of ether oxygens (including phenoxy) is 1. The summed E-state index contributed by atoms with van der Waals surface area (Å²) in [7, 11) is 0. The summed E-state index contributed by atoms with van der Waals surface area (Å²) in [4.78, 5) is 16.6. The zero-order valence-electron chi connectivity index (χ0n) is 10.4. The molecule has 0 aliphatic rings. The van der Waals surface area contributed by atoms with E-state index in [0.717, 1.165) is 9.92 Å². The minimum atomic E-state index is -0.365. The quantitative estimate of drug-likeness (QED) is 0.869. The number of aromatic hydroxyl groups is 1. The van der Waals surface area contributed by atoms with E-state index in [0.29, 0.717) is 12.2 Å². The standard InChI is InChI=1S/C14H13NO3S/c1-2-18-14(17)10-3-8-13(15-9-10)19-12-6-4-11(16)5-7-12/h3-9,16H,2H2,1H3. The predicted octanol–water partition coefficient (Wildman–Crippen LogP) is 3.12. The fourth-order valence-electron chi connectivity index (χ4n) is 1.41. The number of pyridine rings is 1. The molecule has 98 valence electrons. The van der Waals surface area contributed by atoms with Crippen LogP contribution in [0.25, 0.3) is 0 Å². The second kappa shape index (κ2) is 6.24. The van der Waals surface area contributed by atoms with Crippen LogP contribution in [0.5, 0.6) is 5.75 Å². The van der Waals surface area contributed by atoms with Crippen LogP contribution in [0.15, 0.2) is 52.5 Å². The molecule has 0 saturated heterocycles. The summed E-state index contributed by atoms with van der Waals surface area (Å²) in [5.41, 5.74) is 0.442. The molecule has 0 aliphatic carbocycles. The Labute approximate surface area is 115 Å². The molecular weight excluding hydrogens is 262 g/mol. The number of rotatable bonds is 4. The Hall–Kier alpha value is -2.01. The molecule has 2 aromatic rings. The number of carbonyl (C=O) groups excluding carboxylic acids is 1. The number of carbonyl (C=O) groups is 1. The van der Waals surface area contributed by atoms with Crippen LogP contribution in [-0.4, -0.2) is 22.7 Å². The Morgan fingerprint density at radius 3 is 2.58 bits per heavy atom. The summed E-state index contributed by atoms with van der Waals surface area (Å²) in [6.45, 7) is 2.11. The van der Waals surface area contributed by atoms with Crippen molar-refractivity contribution in [3.63, 3.8) is 0 Å². The van der Waals surface area contributed by atoms with E-state index in [4.69, 9.17) is 4.74 Å². The monoisotopic (exact) mass is 275 g/mol. The van der Waals surface area contributed by atoms with Gasteiger partial charge < -0.3 is 9.84 Å². The maximum Gasteiger partial charge on any atom is 0.339 e. The number of benzene rings is 1. The summed E-state index contributed by atoms with van der Waals surface area (Å²) in [5.74, 6) is -0.133. The Bertz CT molecular complexity index is 552. The number of esters is 1. The van der Waals surface area contributed by atoms with Gasteiger partial charge in [-0.25, -0.2) is 9.78 Å². The first-order valence-corrected chi connectivity index (χ1v) is 6.60. The molecular formula is C14H13NO3S. The molecule has 0 bridgehead atoms. The Balaban J connectivity index is 2.06. The Morgan fingerprint density at radius 1 is 1.26 bits per heavy atom. The van der Waals surface area contributed by atoms with Gasteiger partial charge in [-0.2, -0.15) is 0 Å². The van der Waals surface area contributed by atoms with Gasteiger partial charge in [0.05, 0.1) is 12.2 Å². The van der Waals surface area contributed by atoms with Gasteiger partial charge in [0, 0.05) is 11.1 Å². The number of hydrogen-bond acceptors (Lipinski definition) is 5. The molecule has 0 spiro atoms. The van der Waals surface area contributed by atoms with Gasteiger partial charge in [-0.1, -0.05) is 11.8 Å². The van der Waals surface area contributed by atoms with E-state index in [1.165, 1.54) is 18.0 Å². The van der Waals surface area contributed by atoms with Crippen molar-refractivity contribution in [1.82, 2.24) is 4.98 Å². The molecule has 0 saturated carbocycles. The van der Waals surface area contributed by atoms with Gasteiger partial charge in [0.15, 0.2) is 0 Å². The molecule has 1 N–H and O–H groups in total. The summed E-state index contributed by atoms with van der Waals surface area (Å²) in [6.07, 6.45) is 1.50. The molecule has 0 unspecified atom stereocenters. The number of phenols is 1. The van der Waals surface area contributed by atoms with Crippen molar-refractivity contribution in [3.8, 4) is 5.75 Å². The first-order valence-electron chi connectivity index (χ1n) is 5.79. The summed E-state index contributed by atoms with van der Waals surface area (Å²) in [6, 6.07) is 10.3. The highest BCUT2D eigenvalue weighted by atomic mass is 32.2. The molecule has 1 aromatic carbocycles. The summed E-state index contributed by atoms with van der Waals surface area (Å²) in [5, 5.41) is 9.97. The van der Waals surface area contributed by atoms with E-state index in [2.05, 4.69) is 4.98 Å². The van der Waals surface area contributed by atoms with Crippen LogP contribution in [0.4, 0.5) is 0 Å². The van der Waals surface area contributed by atoms with E-state index in [9.17, 15) is 9.90 Å². The largest absolute Gasteiger partial charge is 0.508 e. The SMILES string of the molecule is CCOC(=O)c1ccc(Sc2ccc(O)cc2)nc1. The van der Waals surface area contributed by atoms with Gasteiger partial charge in [0.25, 0.3) is 0 Å². The Kier molecular flexibility index (Phi) is 4.41. The third-order valence-corrected chi connectivity index (χ3v) is 3.27. The van der Waals surface area contributed by atoms with Gasteiger partial charge in [-0.3, -0.25) is 0 Å². The van der Waals surface area contributed by atoms with Crippen LogP contribution < -0.4 is 0 Å². The van der Waals surface area contributed by atoms with Crippen molar-refractivity contribution >= 4 is 17.7 Å². The lowest BCUT2D eigenvalue weighted by Gasteiger charge is -2.03. The van der Waals surface area contributed by atoms with Crippen LogP contribution in [0.2, 0.25) is 0 Å². The predicted molar refractivity (Wildman–Crippen MR) is 72.4 cm³/mol. The zero-order chi connectivity index (χ0) is 13.7. The number of phenolic OH excluding ortho intramolecular Hbond substituents is 1. The average Bonchev–Trinajstić information content (AvgIpc) is 2.42. The molecule has 0 aliphatic heterocycles. The molecule has 0 amide bonds. The van der Waals surface area contributed by atoms with E-state index in [1.54, 1.807) is 43.3 Å². The van der Waals surface area contributed by atoms with Gasteiger partial charge in [0.2, 0.25) is 0 Å². The van der Waals surface area contributed by atoms with Gasteiger partial charge in [0.1, 0.15) is 10.8 Å². The minimum absolute atomic E-state index is 0.231. The first kappa shape index (κ1) is 13.4. The topological polar surface area (TPSA) is 59.4 Å². The lowest BCUT2D eigenvalue weighted by molar-refractivity contribution is 0.0525. The molecule has 19 heavy (non-hydrogen) atoms. The molecule has 2 rings (SSSR count). The average molecular weight is 275 g/mol. The molecule has 0 radical (unpaired) electrons. The second-order valence-electron chi connectivity index (χ2n) is 3.70. The fraction of sp³-hybridized carbons (Fsp3) is 0.143. The highest BCUT2D eigenvalue weighted by molar-refractivity contribution is 7.99. The third kappa shape index (κ3) is 3.72. The van der Waals surface area contributed by atoms with Gasteiger partial charge >= 0.3 is 5.97 Å². The van der Waals surface area contributed by atoms with Gasteiger partial charge in [-0.05, 0) is 43.3 Å². The maximum absolute atomic E-state index is 11.5. The first-order chi connectivity index (χ1) is 9.19. The summed E-state index contributed by atoms with van der Waals surface area (Å²) < 4.78 is 4.89. The third-order valence-electron chi connectivity index (χ3n) is 2.31. The minimum Gasteiger partial charge on any atom is -0.508 e. The normalized spacial score (nSPS) is 10.2. The Morgan fingerprint density at radius 2 is 2.00 bits per heavy atom. The fourth-order valence-corrected chi connectivity index (χ4v) is 2.17. The second-order valence-corrected chi connectivity index (χ2v) is 4.80. The van der Waals surface area contributed by atoms with Gasteiger partial charge in [-0.15, -0.1) is 0 Å². The number of hydrogen-bond donors (Lipinski definition) is 1. The zero-order valence-corrected chi connectivity index (χ0v) is 11.2. The molecule has 5 heteroatoms. The molecule has 1 heterocycles. The molecule has 4 nitrogen and oxygen atoms in total. The van der Waals surface area contributed by atoms with E-state index >= 15 is 0 Å². The van der Waals surface area contributed by atoms with E-state index in [1.807, 2.05) is 0 Å². The maximum atomic E-state index is 11.5. The van der Waals surface area contributed by atoms with Crippen molar-refractivity contribution in [2.45, 2.75) is 16.8 Å². The summed E-state index contributed by atoms with van der Waals surface area (Å²) >= 11 is 1.46. The van der Waals surface area contributed by atoms with Crippen LogP contribution >= 0.6 is 11.8 Å². The van der Waals surface area contributed by atoms with E-state index in [-0.39, 0.29) is 11.7 Å². The smallest absolute Gasteiger partial charge is 0.339 e. The highest BCUT2D eigenvalue weighted by Crippen LogP contribution is 2.27. The molecule has 1 aromatic heterocycles. The number of nitrogens with zero attached hydrogens (tertiary/aromatic N) is 1. The van der Waals surface area contributed by atoms with Crippen LogP contribution in [0.1, 0.15) is 17.3 Å². The van der Waals surface area contributed by atoms with Crippen LogP contribution in [0.3, 0.4) is 0 Å². The van der Waals surface area contributed by atoms with Crippen LogP contribution in [-0.2, 0) is 4.74 Å². The molecule has 0 atom stereocenters. The van der Waals surface area contributed by atoms with E-state index < -0.39 is 0 Å². The van der Waals surface area contributed by atoms with Crippen LogP contribution in [0, 0.1) is 0 Å². The number of aromatic nitrogens is 1. The lowest BCUT2D eigenvalue weighted by Crippen LogP contribution is -2.04. The van der Waals surface area contributed by atoms with Crippen molar-refractivity contribution in [3.05, 3.63) is 48.2 Å². The molecule has 0 fully saturated rings.